The molecular weight excluding hydrogens is 636 g/mol. The molecule has 3 rings (SSSR count). The van der Waals surface area contributed by atoms with Gasteiger partial charge in [-0.2, -0.15) is 0 Å². The van der Waals surface area contributed by atoms with Crippen molar-refractivity contribution < 1.29 is 33.4 Å². The van der Waals surface area contributed by atoms with Crippen molar-refractivity contribution >= 4 is 23.8 Å². The van der Waals surface area contributed by atoms with Crippen molar-refractivity contribution in [3.63, 3.8) is 0 Å². The van der Waals surface area contributed by atoms with E-state index in [2.05, 4.69) is 22.5 Å². The second kappa shape index (κ2) is 16.9. The Balaban J connectivity index is 1.70. The van der Waals surface area contributed by atoms with Gasteiger partial charge in [-0.15, -0.1) is 0 Å². The molecule has 3 atom stereocenters. The van der Waals surface area contributed by atoms with Crippen molar-refractivity contribution in [1.82, 2.24) is 20.9 Å². The first-order chi connectivity index (χ1) is 23.2. The Morgan fingerprint density at radius 3 is 2.16 bits per heavy atom. The van der Waals surface area contributed by atoms with Gasteiger partial charge in [0.25, 0.3) is 0 Å². The summed E-state index contributed by atoms with van der Waals surface area (Å²) in [6.07, 6.45) is 1.37. The average Bonchev–Trinajstić information content (AvgIpc) is 2.99. The van der Waals surface area contributed by atoms with Crippen LogP contribution in [0.1, 0.15) is 91.3 Å². The summed E-state index contributed by atoms with van der Waals surface area (Å²) in [6.45, 7) is 21.4. The SMILES string of the molecule is C=C(C[C@H](NC(C)=O)C(=O)NC(CCc1ccccc1)C(=O)NCc1cc(OCC2(C)CCN2C(=O)OC(C)(C)C)ccc1C)OC(C)(C)C. The number of hydrogen-bond donors (Lipinski definition) is 3. The van der Waals surface area contributed by atoms with E-state index in [-0.39, 0.29) is 37.5 Å². The number of carbonyl (C=O) groups is 4. The van der Waals surface area contributed by atoms with E-state index in [4.69, 9.17) is 14.2 Å². The van der Waals surface area contributed by atoms with Crippen molar-refractivity contribution in [1.29, 1.82) is 0 Å². The molecule has 0 bridgehead atoms. The molecule has 0 aliphatic carbocycles. The minimum Gasteiger partial charge on any atom is -0.493 e. The van der Waals surface area contributed by atoms with Gasteiger partial charge in [-0.05, 0) is 103 Å². The van der Waals surface area contributed by atoms with Gasteiger partial charge in [0, 0.05) is 26.4 Å². The molecule has 11 heteroatoms. The van der Waals surface area contributed by atoms with E-state index < -0.39 is 34.7 Å². The largest absolute Gasteiger partial charge is 0.493 e. The summed E-state index contributed by atoms with van der Waals surface area (Å²) < 4.78 is 17.5. The van der Waals surface area contributed by atoms with Crippen LogP contribution in [0.15, 0.2) is 60.9 Å². The highest BCUT2D eigenvalue weighted by Crippen LogP contribution is 2.33. The lowest BCUT2D eigenvalue weighted by Gasteiger charge is -2.49. The standard InChI is InChI=1S/C39H56N4O7/c1-26-16-18-31(48-25-39(10)20-21-43(39)36(47)50-38(7,8)9)23-30(26)24-40-34(45)32(19-17-29-14-12-11-13-15-29)42-35(46)33(41-28(3)44)22-27(2)49-37(4,5)6/h11-16,18,23,32-33H,2,17,19-22,24-25H2,1,3-10H3,(H,40,45)(H,41,44)(H,42,46)/t32?,33-,39?/m0/s1. The Bertz CT molecular complexity index is 1510. The Labute approximate surface area is 297 Å². The molecule has 1 fully saturated rings. The Hall–Kier alpha value is -4.54. The first-order valence-corrected chi connectivity index (χ1v) is 17.2. The fourth-order valence-corrected chi connectivity index (χ4v) is 5.51. The average molecular weight is 693 g/mol. The van der Waals surface area contributed by atoms with Crippen LogP contribution < -0.4 is 20.7 Å². The second-order valence-corrected chi connectivity index (χ2v) is 15.3. The third kappa shape index (κ3) is 12.7. The minimum atomic E-state index is -0.978. The van der Waals surface area contributed by atoms with Crippen LogP contribution in [-0.4, -0.2) is 70.7 Å². The molecule has 50 heavy (non-hydrogen) atoms. The van der Waals surface area contributed by atoms with Crippen LogP contribution in [0, 0.1) is 6.92 Å². The summed E-state index contributed by atoms with van der Waals surface area (Å²) in [6, 6.07) is 13.5. The van der Waals surface area contributed by atoms with Gasteiger partial charge in [0.1, 0.15) is 35.6 Å². The molecule has 274 valence electrons. The van der Waals surface area contributed by atoms with Gasteiger partial charge in [-0.25, -0.2) is 4.79 Å². The summed E-state index contributed by atoms with van der Waals surface area (Å²) in [5, 5.41) is 8.53. The van der Waals surface area contributed by atoms with Gasteiger partial charge >= 0.3 is 6.09 Å². The highest BCUT2D eigenvalue weighted by molar-refractivity contribution is 5.92. The number of amides is 4. The van der Waals surface area contributed by atoms with Crippen molar-refractivity contribution in [2.45, 2.75) is 123 Å². The summed E-state index contributed by atoms with van der Waals surface area (Å²) >= 11 is 0. The topological polar surface area (TPSA) is 135 Å². The lowest BCUT2D eigenvalue weighted by Crippen LogP contribution is -2.63. The lowest BCUT2D eigenvalue weighted by atomic mass is 9.88. The van der Waals surface area contributed by atoms with E-state index in [1.54, 1.807) is 4.90 Å². The van der Waals surface area contributed by atoms with Crippen molar-refractivity contribution in [3.8, 4) is 5.75 Å². The van der Waals surface area contributed by atoms with Gasteiger partial charge in [-0.1, -0.05) is 43.0 Å². The third-order valence-corrected chi connectivity index (χ3v) is 8.24. The number of hydrogen-bond acceptors (Lipinski definition) is 7. The number of nitrogens with zero attached hydrogens (tertiary/aromatic N) is 1. The van der Waals surface area contributed by atoms with Crippen LogP contribution >= 0.6 is 0 Å². The normalized spacial score (nSPS) is 17.0. The summed E-state index contributed by atoms with van der Waals surface area (Å²) in [7, 11) is 0. The fourth-order valence-electron chi connectivity index (χ4n) is 5.51. The smallest absolute Gasteiger partial charge is 0.410 e. The molecule has 1 aliphatic heterocycles. The zero-order chi connectivity index (χ0) is 37.3. The second-order valence-electron chi connectivity index (χ2n) is 15.3. The molecule has 3 N–H and O–H groups in total. The van der Waals surface area contributed by atoms with Gasteiger partial charge in [0.05, 0.1) is 11.3 Å². The highest BCUT2D eigenvalue weighted by atomic mass is 16.6. The zero-order valence-electron chi connectivity index (χ0n) is 31.2. The van der Waals surface area contributed by atoms with Gasteiger partial charge in [0.15, 0.2) is 0 Å². The van der Waals surface area contributed by atoms with Crippen LogP contribution in [0.3, 0.4) is 0 Å². The lowest BCUT2D eigenvalue weighted by molar-refractivity contribution is -0.132. The number of carbonyl (C=O) groups excluding carboxylic acids is 4. The number of nitrogens with one attached hydrogen (secondary N) is 3. The maximum atomic E-state index is 13.7. The van der Waals surface area contributed by atoms with Crippen LogP contribution in [-0.2, 0) is 36.8 Å². The first kappa shape index (κ1) is 39.9. The van der Waals surface area contributed by atoms with Crippen LogP contribution in [0.25, 0.3) is 0 Å². The van der Waals surface area contributed by atoms with E-state index >= 15 is 0 Å². The quantitative estimate of drug-likeness (QED) is 0.203. The Kier molecular flexibility index (Phi) is 13.5. The maximum absolute atomic E-state index is 13.7. The minimum absolute atomic E-state index is 0.0519. The van der Waals surface area contributed by atoms with E-state index in [1.165, 1.54) is 6.92 Å². The number of rotatable bonds is 15. The first-order valence-electron chi connectivity index (χ1n) is 17.2. The third-order valence-electron chi connectivity index (χ3n) is 8.24. The maximum Gasteiger partial charge on any atom is 0.410 e. The van der Waals surface area contributed by atoms with Gasteiger partial charge < -0.3 is 30.2 Å². The Morgan fingerprint density at radius 1 is 0.920 bits per heavy atom. The molecule has 4 amide bonds. The number of likely N-dealkylation sites (tertiary alicyclic amines) is 1. The molecule has 2 aromatic carbocycles. The molecule has 2 aromatic rings. The molecular formula is C39H56N4O7. The Morgan fingerprint density at radius 2 is 1.58 bits per heavy atom. The van der Waals surface area contributed by atoms with Crippen LogP contribution in [0.4, 0.5) is 4.79 Å². The molecule has 1 aliphatic rings. The van der Waals surface area contributed by atoms with E-state index in [1.807, 2.05) is 104 Å². The number of ether oxygens (including phenoxy) is 3. The summed E-state index contributed by atoms with van der Waals surface area (Å²) in [5.41, 5.74) is 1.22. The molecule has 11 nitrogen and oxygen atoms in total. The molecule has 0 spiro atoms. The van der Waals surface area contributed by atoms with Crippen molar-refractivity contribution in [2.24, 2.45) is 0 Å². The van der Waals surface area contributed by atoms with Crippen molar-refractivity contribution in [3.05, 3.63) is 77.6 Å². The molecule has 0 saturated carbocycles. The van der Waals surface area contributed by atoms with E-state index in [0.29, 0.717) is 30.9 Å². The predicted octanol–water partition coefficient (Wildman–Crippen LogP) is 5.73. The van der Waals surface area contributed by atoms with Gasteiger partial charge in [-0.3, -0.25) is 19.3 Å². The molecule has 0 aromatic heterocycles. The van der Waals surface area contributed by atoms with Crippen molar-refractivity contribution in [2.75, 3.05) is 13.2 Å². The van der Waals surface area contributed by atoms with Gasteiger partial charge in [0.2, 0.25) is 17.7 Å². The number of benzene rings is 2. The van der Waals surface area contributed by atoms with Crippen LogP contribution in [0.5, 0.6) is 5.75 Å². The molecule has 1 saturated heterocycles. The fraction of sp³-hybridized carbons (Fsp3) is 0.538. The predicted molar refractivity (Wildman–Crippen MR) is 193 cm³/mol. The molecule has 0 radical (unpaired) electrons. The summed E-state index contributed by atoms with van der Waals surface area (Å²) in [5.74, 6) is -0.301. The zero-order valence-corrected chi connectivity index (χ0v) is 31.2. The molecule has 2 unspecified atom stereocenters. The van der Waals surface area contributed by atoms with E-state index in [0.717, 1.165) is 23.1 Å². The highest BCUT2D eigenvalue weighted by Gasteiger charge is 2.46. The monoisotopic (exact) mass is 692 g/mol. The summed E-state index contributed by atoms with van der Waals surface area (Å²) in [4.78, 5) is 53.6. The van der Waals surface area contributed by atoms with E-state index in [9.17, 15) is 19.2 Å². The van der Waals surface area contributed by atoms with Crippen LogP contribution in [0.2, 0.25) is 0 Å². The number of aryl methyl sites for hydroxylation is 2. The molecule has 1 heterocycles.